The number of phenols is 2. The lowest BCUT2D eigenvalue weighted by atomic mass is 9.91. The summed E-state index contributed by atoms with van der Waals surface area (Å²) in [6, 6.07) is 17.7. The summed E-state index contributed by atoms with van der Waals surface area (Å²) in [5.74, 6) is -0.861. The fourth-order valence-corrected chi connectivity index (χ4v) is 3.81. The number of benzene rings is 3. The molecule has 4 aromatic rings. The summed E-state index contributed by atoms with van der Waals surface area (Å²) in [6.45, 7) is 3.56. The number of hydrogen-bond acceptors (Lipinski definition) is 5. The highest BCUT2D eigenvalue weighted by Gasteiger charge is 2.28. The molecule has 3 N–H and O–H groups in total. The van der Waals surface area contributed by atoms with E-state index in [1.807, 2.05) is 37.3 Å². The van der Waals surface area contributed by atoms with E-state index in [2.05, 4.69) is 5.32 Å². The molecule has 6 heteroatoms. The number of rotatable bonds is 4. The van der Waals surface area contributed by atoms with Crippen molar-refractivity contribution in [1.29, 1.82) is 0 Å². The molecule has 0 aliphatic heterocycles. The zero-order valence-corrected chi connectivity index (χ0v) is 17.0. The van der Waals surface area contributed by atoms with E-state index in [0.29, 0.717) is 16.5 Å². The van der Waals surface area contributed by atoms with Crippen LogP contribution in [0.1, 0.15) is 38.7 Å². The Morgan fingerprint density at radius 2 is 1.58 bits per heavy atom. The van der Waals surface area contributed by atoms with Crippen LogP contribution in [0.25, 0.3) is 11.0 Å². The van der Waals surface area contributed by atoms with Crippen molar-refractivity contribution in [2.24, 2.45) is 0 Å². The zero-order chi connectivity index (χ0) is 22.1. The quantitative estimate of drug-likeness (QED) is 0.431. The first kappa shape index (κ1) is 20.2. The van der Waals surface area contributed by atoms with Gasteiger partial charge in [-0.1, -0.05) is 42.5 Å². The van der Waals surface area contributed by atoms with Crippen molar-refractivity contribution < 1.29 is 19.4 Å². The van der Waals surface area contributed by atoms with Crippen LogP contribution in [0.2, 0.25) is 0 Å². The minimum atomic E-state index is -0.832. The van der Waals surface area contributed by atoms with E-state index >= 15 is 0 Å². The number of nitrogens with one attached hydrogen (secondary N) is 1. The molecule has 1 atom stereocenters. The lowest BCUT2D eigenvalue weighted by molar-refractivity contribution is 0.0943. The molecule has 3 aromatic carbocycles. The summed E-state index contributed by atoms with van der Waals surface area (Å²) in [5, 5.41) is 24.5. The maximum absolute atomic E-state index is 13.0. The van der Waals surface area contributed by atoms with Gasteiger partial charge in [0, 0.05) is 17.7 Å². The van der Waals surface area contributed by atoms with Gasteiger partial charge in [0.05, 0.1) is 17.0 Å². The molecular weight excluding hydrogens is 394 g/mol. The average molecular weight is 415 g/mol. The van der Waals surface area contributed by atoms with E-state index in [4.69, 9.17) is 4.42 Å². The van der Waals surface area contributed by atoms with Gasteiger partial charge in [-0.15, -0.1) is 0 Å². The van der Waals surface area contributed by atoms with Crippen LogP contribution in [0.4, 0.5) is 0 Å². The van der Waals surface area contributed by atoms with E-state index < -0.39 is 11.7 Å². The fraction of sp³-hybridized carbons (Fsp3) is 0.120. The molecule has 156 valence electrons. The molecule has 1 unspecified atom stereocenters. The minimum absolute atomic E-state index is 0.0316. The van der Waals surface area contributed by atoms with E-state index in [1.54, 1.807) is 31.2 Å². The van der Waals surface area contributed by atoms with Crippen molar-refractivity contribution in [2.45, 2.75) is 19.9 Å². The predicted octanol–water partition coefficient (Wildman–Crippen LogP) is 4.34. The largest absolute Gasteiger partial charge is 0.507 e. The average Bonchev–Trinajstić information content (AvgIpc) is 2.73. The van der Waals surface area contributed by atoms with Crippen LogP contribution in [-0.4, -0.2) is 16.1 Å². The molecule has 6 nitrogen and oxygen atoms in total. The number of carbonyl (C=O) groups excluding carboxylic acids is 1. The number of aryl methyl sites for hydroxylation is 2. The van der Waals surface area contributed by atoms with Crippen LogP contribution in [0.15, 0.2) is 75.9 Å². The van der Waals surface area contributed by atoms with Crippen molar-refractivity contribution in [2.75, 3.05) is 0 Å². The molecule has 4 rings (SSSR count). The Balaban J connectivity index is 1.99. The smallest absolute Gasteiger partial charge is 0.336 e. The van der Waals surface area contributed by atoms with Gasteiger partial charge in [0.2, 0.25) is 0 Å². The Morgan fingerprint density at radius 1 is 0.903 bits per heavy atom. The van der Waals surface area contributed by atoms with E-state index in [0.717, 1.165) is 11.1 Å². The molecule has 0 aliphatic rings. The first-order valence-corrected chi connectivity index (χ1v) is 9.77. The second-order valence-corrected chi connectivity index (χ2v) is 7.41. The van der Waals surface area contributed by atoms with E-state index in [-0.39, 0.29) is 28.6 Å². The Morgan fingerprint density at radius 3 is 2.29 bits per heavy atom. The van der Waals surface area contributed by atoms with Crippen molar-refractivity contribution in [1.82, 2.24) is 5.32 Å². The molecule has 0 spiro atoms. The topological polar surface area (TPSA) is 99.8 Å². The Hall–Kier alpha value is -4.06. The van der Waals surface area contributed by atoms with Gasteiger partial charge < -0.3 is 19.9 Å². The monoisotopic (exact) mass is 415 g/mol. The normalized spacial score (nSPS) is 11.9. The summed E-state index contributed by atoms with van der Waals surface area (Å²) in [5.41, 5.74) is 2.16. The lowest BCUT2D eigenvalue weighted by Crippen LogP contribution is -2.30. The third-order valence-electron chi connectivity index (χ3n) is 5.31. The summed E-state index contributed by atoms with van der Waals surface area (Å²) in [4.78, 5) is 25.2. The van der Waals surface area contributed by atoms with Crippen LogP contribution >= 0.6 is 0 Å². The maximum Gasteiger partial charge on any atom is 0.336 e. The van der Waals surface area contributed by atoms with Crippen molar-refractivity contribution in [3.63, 3.8) is 0 Å². The van der Waals surface area contributed by atoms with E-state index in [1.165, 1.54) is 12.1 Å². The van der Waals surface area contributed by atoms with Gasteiger partial charge in [-0.25, -0.2) is 4.79 Å². The Labute approximate surface area is 178 Å². The molecule has 0 saturated heterocycles. The second-order valence-electron chi connectivity index (χ2n) is 7.41. The molecule has 1 heterocycles. The molecule has 0 aliphatic carbocycles. The first-order valence-electron chi connectivity index (χ1n) is 9.77. The molecular formula is C25H21NO5. The van der Waals surface area contributed by atoms with Crippen molar-refractivity contribution >= 4 is 16.9 Å². The van der Waals surface area contributed by atoms with Gasteiger partial charge in [-0.2, -0.15) is 0 Å². The molecule has 1 aromatic heterocycles. The maximum atomic E-state index is 13.0. The molecule has 0 radical (unpaired) electrons. The first-order chi connectivity index (χ1) is 14.9. The van der Waals surface area contributed by atoms with E-state index in [9.17, 15) is 19.8 Å². The van der Waals surface area contributed by atoms with Gasteiger partial charge in [0.15, 0.2) is 5.58 Å². The Kier molecular flexibility index (Phi) is 5.21. The zero-order valence-electron chi connectivity index (χ0n) is 17.0. The van der Waals surface area contributed by atoms with Gasteiger partial charge >= 0.3 is 5.63 Å². The second kappa shape index (κ2) is 7.99. The SMILES string of the molecule is Cc1ccccc1C(NC(=O)c1ccccc1)c1c(O)cc(O)c2c(C)cc(=O)oc12. The number of phenolic OH excluding ortho intramolecular Hbond substituents is 2. The third-order valence-corrected chi connectivity index (χ3v) is 5.31. The number of carbonyl (C=O) groups is 1. The predicted molar refractivity (Wildman–Crippen MR) is 117 cm³/mol. The van der Waals surface area contributed by atoms with Crippen LogP contribution in [0.3, 0.4) is 0 Å². The van der Waals surface area contributed by atoms with Crippen molar-refractivity contribution in [3.05, 3.63) is 105 Å². The number of amides is 1. The molecule has 1 amide bonds. The standard InChI is InChI=1S/C25H21NO5/c1-14-8-6-7-11-17(14)23(26-25(30)16-9-4-3-5-10-16)22-19(28)13-18(27)21-15(2)12-20(29)31-24(21)22/h3-13,23,27-28H,1-2H3,(H,26,30). The fourth-order valence-electron chi connectivity index (χ4n) is 3.81. The van der Waals surface area contributed by atoms with Gasteiger partial charge in [0.1, 0.15) is 11.5 Å². The van der Waals surface area contributed by atoms with Crippen molar-refractivity contribution in [3.8, 4) is 11.5 Å². The minimum Gasteiger partial charge on any atom is -0.507 e. The molecule has 0 saturated carbocycles. The van der Waals surface area contributed by atoms with Gasteiger partial charge in [-0.05, 0) is 42.7 Å². The summed E-state index contributed by atoms with van der Waals surface area (Å²) < 4.78 is 5.44. The molecule has 0 bridgehead atoms. The van der Waals surface area contributed by atoms with Gasteiger partial charge in [-0.3, -0.25) is 4.79 Å². The number of hydrogen-bond donors (Lipinski definition) is 3. The summed E-state index contributed by atoms with van der Waals surface area (Å²) in [7, 11) is 0. The summed E-state index contributed by atoms with van der Waals surface area (Å²) >= 11 is 0. The number of aromatic hydroxyl groups is 2. The van der Waals surface area contributed by atoms with Crippen LogP contribution in [0, 0.1) is 13.8 Å². The molecule has 0 fully saturated rings. The van der Waals surface area contributed by atoms with Crippen LogP contribution in [0.5, 0.6) is 11.5 Å². The Bertz CT molecular complexity index is 1340. The summed E-state index contributed by atoms with van der Waals surface area (Å²) in [6.07, 6.45) is 0. The highest BCUT2D eigenvalue weighted by atomic mass is 16.4. The van der Waals surface area contributed by atoms with Gasteiger partial charge in [0.25, 0.3) is 5.91 Å². The highest BCUT2D eigenvalue weighted by Crippen LogP contribution is 2.41. The van der Waals surface area contributed by atoms with Crippen LogP contribution < -0.4 is 10.9 Å². The molecule has 31 heavy (non-hydrogen) atoms. The lowest BCUT2D eigenvalue weighted by Gasteiger charge is -2.23. The third kappa shape index (κ3) is 3.75. The van der Waals surface area contributed by atoms with Crippen LogP contribution in [-0.2, 0) is 0 Å². The number of fused-ring (bicyclic) bond motifs is 1. The highest BCUT2D eigenvalue weighted by molar-refractivity contribution is 5.96.